The molecule has 0 fully saturated rings. The van der Waals surface area contributed by atoms with Gasteiger partial charge in [0.1, 0.15) is 5.75 Å². The first-order valence-electron chi connectivity index (χ1n) is 8.82. The highest BCUT2D eigenvalue weighted by atomic mass is 79.9. The first kappa shape index (κ1) is 15.3. The number of hydrogen-bond acceptors (Lipinski definition) is 1. The van der Waals surface area contributed by atoms with Crippen molar-refractivity contribution in [3.8, 4) is 16.9 Å². The molecule has 2 aromatic carbocycles. The first-order chi connectivity index (χ1) is 11.3. The zero-order valence-corrected chi connectivity index (χ0v) is 15.1. The highest BCUT2D eigenvalue weighted by molar-refractivity contribution is 9.08. The number of rotatable bonds is 2. The summed E-state index contributed by atoms with van der Waals surface area (Å²) in [6.45, 7) is 0. The molecule has 0 aliphatic heterocycles. The molecule has 4 rings (SSSR count). The summed E-state index contributed by atoms with van der Waals surface area (Å²) >= 11 is 3.63. The van der Waals surface area contributed by atoms with Crippen molar-refractivity contribution in [3.63, 3.8) is 0 Å². The lowest BCUT2D eigenvalue weighted by atomic mass is 9.84. The van der Waals surface area contributed by atoms with Gasteiger partial charge in [-0.05, 0) is 84.7 Å². The predicted molar refractivity (Wildman–Crippen MR) is 99.5 cm³/mol. The minimum Gasteiger partial charge on any atom is -0.507 e. The number of hydrogen-bond donors (Lipinski definition) is 1. The Bertz CT molecular complexity index is 748. The van der Waals surface area contributed by atoms with E-state index in [4.69, 9.17) is 0 Å². The van der Waals surface area contributed by atoms with Crippen molar-refractivity contribution in [3.05, 3.63) is 52.1 Å². The van der Waals surface area contributed by atoms with Gasteiger partial charge in [0, 0.05) is 10.9 Å². The summed E-state index contributed by atoms with van der Waals surface area (Å²) in [5.74, 6) is 0.535. The SMILES string of the molecule is Oc1c2c(cc(CBr)c1-c1ccc3c(c1)CCCC3)CCCC2. The van der Waals surface area contributed by atoms with Crippen LogP contribution in [0.25, 0.3) is 11.1 Å². The third-order valence-electron chi connectivity index (χ3n) is 5.48. The van der Waals surface area contributed by atoms with Gasteiger partial charge in [-0.15, -0.1) is 0 Å². The lowest BCUT2D eigenvalue weighted by Crippen LogP contribution is -2.06. The first-order valence-corrected chi connectivity index (χ1v) is 9.95. The maximum atomic E-state index is 11.0. The molecule has 2 aromatic rings. The standard InChI is InChI=1S/C21H23BrO/c22-13-18-12-16-7-3-4-8-19(16)21(23)20(18)17-10-9-14-5-1-2-6-15(14)11-17/h9-12,23H,1-8,13H2. The molecule has 0 radical (unpaired) electrons. The molecular formula is C21H23BrO. The number of alkyl halides is 1. The maximum absolute atomic E-state index is 11.0. The van der Waals surface area contributed by atoms with Crippen LogP contribution in [-0.2, 0) is 31.0 Å². The average Bonchev–Trinajstić information content (AvgIpc) is 2.61. The zero-order chi connectivity index (χ0) is 15.8. The van der Waals surface area contributed by atoms with Gasteiger partial charge in [0.05, 0.1) is 0 Å². The van der Waals surface area contributed by atoms with Crippen molar-refractivity contribution in [2.45, 2.75) is 56.7 Å². The van der Waals surface area contributed by atoms with Crippen LogP contribution in [0.2, 0.25) is 0 Å². The van der Waals surface area contributed by atoms with Gasteiger partial charge < -0.3 is 5.11 Å². The summed E-state index contributed by atoms with van der Waals surface area (Å²) in [7, 11) is 0. The van der Waals surface area contributed by atoms with Crippen molar-refractivity contribution in [1.82, 2.24) is 0 Å². The molecule has 1 nitrogen and oxygen atoms in total. The molecule has 1 N–H and O–H groups in total. The van der Waals surface area contributed by atoms with E-state index in [1.165, 1.54) is 71.9 Å². The van der Waals surface area contributed by atoms with E-state index < -0.39 is 0 Å². The van der Waals surface area contributed by atoms with E-state index in [1.54, 1.807) is 0 Å². The fourth-order valence-corrected chi connectivity index (χ4v) is 4.70. The van der Waals surface area contributed by atoms with Crippen LogP contribution in [0.4, 0.5) is 0 Å². The van der Waals surface area contributed by atoms with Crippen LogP contribution in [-0.4, -0.2) is 5.11 Å². The zero-order valence-electron chi connectivity index (χ0n) is 13.5. The van der Waals surface area contributed by atoms with Crippen LogP contribution in [0.5, 0.6) is 5.75 Å². The Morgan fingerprint density at radius 2 is 1.52 bits per heavy atom. The molecular weight excluding hydrogens is 348 g/mol. The molecule has 120 valence electrons. The van der Waals surface area contributed by atoms with E-state index in [0.717, 1.165) is 23.7 Å². The molecule has 0 bridgehead atoms. The number of fused-ring (bicyclic) bond motifs is 2. The highest BCUT2D eigenvalue weighted by Crippen LogP contribution is 2.42. The van der Waals surface area contributed by atoms with Crippen molar-refractivity contribution in [1.29, 1.82) is 0 Å². The van der Waals surface area contributed by atoms with Gasteiger partial charge in [0.2, 0.25) is 0 Å². The number of aromatic hydroxyl groups is 1. The summed E-state index contributed by atoms with van der Waals surface area (Å²) < 4.78 is 0. The predicted octanol–water partition coefficient (Wildman–Crippen LogP) is 5.71. The minimum atomic E-state index is 0.535. The van der Waals surface area contributed by atoms with Crippen LogP contribution < -0.4 is 0 Å². The summed E-state index contributed by atoms with van der Waals surface area (Å²) in [6.07, 6.45) is 9.54. The topological polar surface area (TPSA) is 20.2 Å². The van der Waals surface area contributed by atoms with Crippen molar-refractivity contribution in [2.75, 3.05) is 0 Å². The van der Waals surface area contributed by atoms with E-state index in [2.05, 4.69) is 40.2 Å². The van der Waals surface area contributed by atoms with Gasteiger partial charge in [-0.2, -0.15) is 0 Å². The number of benzene rings is 2. The Labute approximate surface area is 146 Å². The third-order valence-corrected chi connectivity index (χ3v) is 6.09. The molecule has 2 heteroatoms. The largest absolute Gasteiger partial charge is 0.507 e. The monoisotopic (exact) mass is 370 g/mol. The summed E-state index contributed by atoms with van der Waals surface area (Å²) in [4.78, 5) is 0. The average molecular weight is 371 g/mol. The van der Waals surface area contributed by atoms with Crippen LogP contribution in [0.15, 0.2) is 24.3 Å². The Morgan fingerprint density at radius 1 is 0.826 bits per heavy atom. The quantitative estimate of drug-likeness (QED) is 0.671. The second-order valence-electron chi connectivity index (χ2n) is 6.93. The fraction of sp³-hybridized carbons (Fsp3) is 0.429. The van der Waals surface area contributed by atoms with Crippen molar-refractivity contribution < 1.29 is 5.11 Å². The van der Waals surface area contributed by atoms with Crippen molar-refractivity contribution in [2.24, 2.45) is 0 Å². The van der Waals surface area contributed by atoms with Crippen LogP contribution in [0, 0.1) is 0 Å². The van der Waals surface area contributed by atoms with E-state index >= 15 is 0 Å². The summed E-state index contributed by atoms with van der Waals surface area (Å²) in [5.41, 5.74) is 8.98. The van der Waals surface area contributed by atoms with Gasteiger partial charge in [-0.1, -0.05) is 40.2 Å². The molecule has 0 unspecified atom stereocenters. The van der Waals surface area contributed by atoms with Gasteiger partial charge in [0.15, 0.2) is 0 Å². The van der Waals surface area contributed by atoms with Gasteiger partial charge in [-0.3, -0.25) is 0 Å². The molecule has 0 saturated carbocycles. The molecule has 0 aromatic heterocycles. The van der Waals surface area contributed by atoms with Gasteiger partial charge in [0.25, 0.3) is 0 Å². The van der Waals surface area contributed by atoms with Crippen LogP contribution in [0.3, 0.4) is 0 Å². The van der Waals surface area contributed by atoms with E-state index in [-0.39, 0.29) is 0 Å². The Balaban J connectivity index is 1.87. The number of aryl methyl sites for hydroxylation is 3. The molecule has 0 amide bonds. The molecule has 0 spiro atoms. The summed E-state index contributed by atoms with van der Waals surface area (Å²) in [6, 6.07) is 9.13. The minimum absolute atomic E-state index is 0.535. The van der Waals surface area contributed by atoms with Crippen LogP contribution >= 0.6 is 15.9 Å². The van der Waals surface area contributed by atoms with E-state index in [0.29, 0.717) is 5.75 Å². The molecule has 23 heavy (non-hydrogen) atoms. The number of phenols is 1. The van der Waals surface area contributed by atoms with E-state index in [9.17, 15) is 5.11 Å². The smallest absolute Gasteiger partial charge is 0.127 e. The Morgan fingerprint density at radius 3 is 2.30 bits per heavy atom. The van der Waals surface area contributed by atoms with Gasteiger partial charge >= 0.3 is 0 Å². The lowest BCUT2D eigenvalue weighted by molar-refractivity contribution is 0.463. The maximum Gasteiger partial charge on any atom is 0.127 e. The summed E-state index contributed by atoms with van der Waals surface area (Å²) in [5, 5.41) is 11.8. The van der Waals surface area contributed by atoms with Gasteiger partial charge in [-0.25, -0.2) is 0 Å². The van der Waals surface area contributed by atoms with Crippen LogP contribution in [0.1, 0.15) is 53.5 Å². The molecule has 0 atom stereocenters. The number of halogens is 1. The molecule has 0 saturated heterocycles. The Hall–Kier alpha value is -1.28. The third kappa shape index (κ3) is 2.71. The van der Waals surface area contributed by atoms with Crippen molar-refractivity contribution >= 4 is 15.9 Å². The lowest BCUT2D eigenvalue weighted by Gasteiger charge is -2.23. The second-order valence-corrected chi connectivity index (χ2v) is 7.49. The number of phenolic OH excluding ortho intramolecular Hbond substituents is 1. The highest BCUT2D eigenvalue weighted by Gasteiger charge is 2.21. The van der Waals surface area contributed by atoms with E-state index in [1.807, 2.05) is 0 Å². The second kappa shape index (κ2) is 6.32. The molecule has 0 heterocycles. The fourth-order valence-electron chi connectivity index (χ4n) is 4.26. The normalized spacial score (nSPS) is 16.7. The molecule has 2 aliphatic carbocycles. The molecule has 2 aliphatic rings. The Kier molecular flexibility index (Phi) is 4.19.